The van der Waals surface area contributed by atoms with Gasteiger partial charge in [0.2, 0.25) is 5.91 Å². The number of aliphatic carboxylic acids is 1. The molecule has 1 aliphatic heterocycles. The molecule has 1 unspecified atom stereocenters. The number of hydrogen-bond donors (Lipinski definition) is 2. The lowest BCUT2D eigenvalue weighted by Crippen LogP contribution is -2.47. The first-order valence-corrected chi connectivity index (χ1v) is 8.66. The molecule has 0 aliphatic carbocycles. The highest BCUT2D eigenvalue weighted by Gasteiger charge is 2.36. The Bertz CT molecular complexity index is 594. The minimum absolute atomic E-state index is 0.00106. The van der Waals surface area contributed by atoms with Gasteiger partial charge < -0.3 is 10.0 Å². The fraction of sp³-hybridized carbons (Fsp3) is 0.688. The van der Waals surface area contributed by atoms with E-state index in [1.165, 1.54) is 0 Å². The topological polar surface area (TPSA) is 82.5 Å². The van der Waals surface area contributed by atoms with Gasteiger partial charge in [-0.05, 0) is 13.3 Å². The summed E-state index contributed by atoms with van der Waals surface area (Å²) < 4.78 is 0. The Balaban J connectivity index is 1.92. The predicted octanol–water partition coefficient (Wildman–Crippen LogP) is 1.65. The SMILES string of the molecule is CC1(NCC(=O)O)CCN(C(=O)Cc2csc(C(C)(C)C)n2)C1. The summed E-state index contributed by atoms with van der Waals surface area (Å²) in [6.45, 7) is 9.39. The standard InChI is InChI=1S/C16H25N3O3S/c1-15(2,3)14-18-11(9-23-14)7-12(20)19-6-5-16(4,10-19)17-8-13(21)22/h9,17H,5-8,10H2,1-4H3,(H,21,22). The summed E-state index contributed by atoms with van der Waals surface area (Å²) in [5, 5.41) is 14.8. The molecule has 1 aliphatic rings. The summed E-state index contributed by atoms with van der Waals surface area (Å²) >= 11 is 1.59. The quantitative estimate of drug-likeness (QED) is 0.852. The number of hydrogen-bond acceptors (Lipinski definition) is 5. The molecule has 7 heteroatoms. The summed E-state index contributed by atoms with van der Waals surface area (Å²) in [5.41, 5.74) is 0.489. The van der Waals surface area contributed by atoms with E-state index in [0.29, 0.717) is 19.5 Å². The second-order valence-corrected chi connectivity index (χ2v) is 8.30. The number of carbonyl (C=O) groups excluding carboxylic acids is 1. The molecule has 6 nitrogen and oxygen atoms in total. The number of carbonyl (C=O) groups is 2. The van der Waals surface area contributed by atoms with Crippen LogP contribution in [0, 0.1) is 0 Å². The van der Waals surface area contributed by atoms with Gasteiger partial charge in [0.1, 0.15) is 0 Å². The third-order valence-electron chi connectivity index (χ3n) is 4.02. The molecule has 23 heavy (non-hydrogen) atoms. The van der Waals surface area contributed by atoms with Crippen molar-refractivity contribution in [1.82, 2.24) is 15.2 Å². The van der Waals surface area contributed by atoms with Crippen molar-refractivity contribution in [3.8, 4) is 0 Å². The molecule has 0 radical (unpaired) electrons. The van der Waals surface area contributed by atoms with E-state index in [0.717, 1.165) is 17.1 Å². The minimum atomic E-state index is -0.881. The fourth-order valence-electron chi connectivity index (χ4n) is 2.61. The van der Waals surface area contributed by atoms with Gasteiger partial charge in [0.25, 0.3) is 0 Å². The monoisotopic (exact) mass is 339 g/mol. The summed E-state index contributed by atoms with van der Waals surface area (Å²) in [4.78, 5) is 29.5. The summed E-state index contributed by atoms with van der Waals surface area (Å²) in [5.74, 6) is -0.829. The number of aromatic nitrogens is 1. The van der Waals surface area contributed by atoms with E-state index in [2.05, 4.69) is 31.1 Å². The molecule has 2 rings (SSSR count). The van der Waals surface area contributed by atoms with Crippen molar-refractivity contribution in [2.75, 3.05) is 19.6 Å². The molecule has 2 N–H and O–H groups in total. The van der Waals surface area contributed by atoms with E-state index in [9.17, 15) is 9.59 Å². The van der Waals surface area contributed by atoms with E-state index >= 15 is 0 Å². The number of amides is 1. The van der Waals surface area contributed by atoms with Crippen molar-refractivity contribution in [3.05, 3.63) is 16.1 Å². The van der Waals surface area contributed by atoms with Gasteiger partial charge in [-0.1, -0.05) is 20.8 Å². The molecule has 0 saturated carbocycles. The molecule has 1 amide bonds. The van der Waals surface area contributed by atoms with Gasteiger partial charge in [-0.3, -0.25) is 14.9 Å². The Labute approximate surface area is 140 Å². The zero-order chi connectivity index (χ0) is 17.3. The van der Waals surface area contributed by atoms with Crippen LogP contribution in [0.25, 0.3) is 0 Å². The number of carboxylic acids is 1. The lowest BCUT2D eigenvalue weighted by molar-refractivity contribution is -0.136. The molecular weight excluding hydrogens is 314 g/mol. The first-order valence-electron chi connectivity index (χ1n) is 7.78. The second kappa shape index (κ2) is 6.57. The molecule has 1 fully saturated rings. The second-order valence-electron chi connectivity index (χ2n) is 7.44. The Morgan fingerprint density at radius 1 is 1.48 bits per heavy atom. The Kier molecular flexibility index (Phi) is 5.10. The van der Waals surface area contributed by atoms with Crippen molar-refractivity contribution in [2.24, 2.45) is 0 Å². The molecule has 1 saturated heterocycles. The van der Waals surface area contributed by atoms with E-state index in [4.69, 9.17) is 5.11 Å². The maximum absolute atomic E-state index is 12.4. The van der Waals surface area contributed by atoms with Crippen LogP contribution in [-0.4, -0.2) is 52.0 Å². The summed E-state index contributed by atoms with van der Waals surface area (Å²) in [6, 6.07) is 0. The lowest BCUT2D eigenvalue weighted by Gasteiger charge is -2.25. The van der Waals surface area contributed by atoms with Crippen LogP contribution in [0.3, 0.4) is 0 Å². The van der Waals surface area contributed by atoms with Crippen molar-refractivity contribution < 1.29 is 14.7 Å². The number of rotatable bonds is 5. The number of carboxylic acid groups (broad SMARTS) is 1. The molecule has 1 aromatic heterocycles. The third-order valence-corrected chi connectivity index (χ3v) is 5.33. The van der Waals surface area contributed by atoms with Gasteiger partial charge in [0.05, 0.1) is 23.7 Å². The summed E-state index contributed by atoms with van der Waals surface area (Å²) in [7, 11) is 0. The van der Waals surface area contributed by atoms with Gasteiger partial charge in [-0.25, -0.2) is 4.98 Å². The van der Waals surface area contributed by atoms with Gasteiger partial charge >= 0.3 is 5.97 Å². The molecule has 0 spiro atoms. The third kappa shape index (κ3) is 4.75. The molecule has 1 aromatic rings. The van der Waals surface area contributed by atoms with E-state index in [1.54, 1.807) is 16.2 Å². The average molecular weight is 339 g/mol. The highest BCUT2D eigenvalue weighted by Crippen LogP contribution is 2.26. The van der Waals surface area contributed by atoms with Crippen molar-refractivity contribution in [2.45, 2.75) is 51.5 Å². The van der Waals surface area contributed by atoms with Crippen molar-refractivity contribution >= 4 is 23.2 Å². The van der Waals surface area contributed by atoms with Crippen LogP contribution < -0.4 is 5.32 Å². The zero-order valence-corrected chi connectivity index (χ0v) is 15.0. The average Bonchev–Trinajstić information content (AvgIpc) is 3.04. The fourth-order valence-corrected chi connectivity index (χ4v) is 3.51. The minimum Gasteiger partial charge on any atom is -0.480 e. The maximum Gasteiger partial charge on any atom is 0.317 e. The van der Waals surface area contributed by atoms with Crippen LogP contribution in [-0.2, 0) is 21.4 Å². The van der Waals surface area contributed by atoms with Crippen LogP contribution in [0.15, 0.2) is 5.38 Å². The molecule has 0 aromatic carbocycles. The smallest absolute Gasteiger partial charge is 0.317 e. The highest BCUT2D eigenvalue weighted by molar-refractivity contribution is 7.09. The molecule has 2 heterocycles. The first kappa shape index (κ1) is 17.9. The molecule has 1 atom stereocenters. The van der Waals surface area contributed by atoms with Gasteiger partial charge in [0, 0.05) is 29.4 Å². The van der Waals surface area contributed by atoms with E-state index < -0.39 is 5.97 Å². The Morgan fingerprint density at radius 2 is 2.17 bits per heavy atom. The summed E-state index contributed by atoms with van der Waals surface area (Å²) in [6.07, 6.45) is 1.07. The Hall–Kier alpha value is -1.47. The highest BCUT2D eigenvalue weighted by atomic mass is 32.1. The molecule has 128 valence electrons. The van der Waals surface area contributed by atoms with Gasteiger partial charge in [-0.2, -0.15) is 0 Å². The van der Waals surface area contributed by atoms with Crippen LogP contribution in [0.5, 0.6) is 0 Å². The van der Waals surface area contributed by atoms with Crippen molar-refractivity contribution in [3.63, 3.8) is 0 Å². The number of likely N-dealkylation sites (tertiary alicyclic amines) is 1. The number of nitrogens with zero attached hydrogens (tertiary/aromatic N) is 2. The van der Waals surface area contributed by atoms with Crippen molar-refractivity contribution in [1.29, 1.82) is 0 Å². The molecular formula is C16H25N3O3S. The molecule has 0 bridgehead atoms. The van der Waals surface area contributed by atoms with Gasteiger partial charge in [-0.15, -0.1) is 11.3 Å². The van der Waals surface area contributed by atoms with Gasteiger partial charge in [0.15, 0.2) is 0 Å². The van der Waals surface area contributed by atoms with Crippen LogP contribution in [0.1, 0.15) is 44.8 Å². The largest absolute Gasteiger partial charge is 0.480 e. The predicted molar refractivity (Wildman–Crippen MR) is 89.8 cm³/mol. The number of nitrogens with one attached hydrogen (secondary N) is 1. The van der Waals surface area contributed by atoms with Crippen LogP contribution in [0.4, 0.5) is 0 Å². The van der Waals surface area contributed by atoms with E-state index in [1.807, 2.05) is 12.3 Å². The first-order chi connectivity index (χ1) is 10.6. The lowest BCUT2D eigenvalue weighted by atomic mass is 9.98. The van der Waals surface area contributed by atoms with Crippen LogP contribution in [0.2, 0.25) is 0 Å². The normalized spacial score (nSPS) is 21.7. The number of thiazole rings is 1. The Morgan fingerprint density at radius 3 is 2.74 bits per heavy atom. The zero-order valence-electron chi connectivity index (χ0n) is 14.2. The van der Waals surface area contributed by atoms with Crippen LogP contribution >= 0.6 is 11.3 Å². The maximum atomic E-state index is 12.4. The van der Waals surface area contributed by atoms with E-state index in [-0.39, 0.29) is 23.4 Å².